The van der Waals surface area contributed by atoms with Gasteiger partial charge in [0, 0.05) is 18.7 Å². The maximum Gasteiger partial charge on any atom is 0.255 e. The zero-order valence-corrected chi connectivity index (χ0v) is 20.2. The van der Waals surface area contributed by atoms with Gasteiger partial charge in [-0.2, -0.15) is 0 Å². The number of hydrogen-bond acceptors (Lipinski definition) is 5. The van der Waals surface area contributed by atoms with E-state index in [0.29, 0.717) is 23.2 Å². The second kappa shape index (κ2) is 12.7. The number of ether oxygens (including phenoxy) is 2. The number of methoxy groups -OCH3 is 1. The Kier molecular flexibility index (Phi) is 9.46. The first-order chi connectivity index (χ1) is 16.5. The molecule has 0 aliphatic heterocycles. The van der Waals surface area contributed by atoms with Crippen LogP contribution in [0, 0.1) is 0 Å². The number of benzene rings is 2. The number of rotatable bonds is 9. The largest absolute Gasteiger partial charge is 0.493 e. The summed E-state index contributed by atoms with van der Waals surface area (Å²) in [5.41, 5.74) is 7.07. The summed E-state index contributed by atoms with van der Waals surface area (Å²) in [5.74, 6) is 0.124. The number of nitrogens with two attached hydrogens (primary N) is 1. The third-order valence-electron chi connectivity index (χ3n) is 5.68. The predicted octanol–water partition coefficient (Wildman–Crippen LogP) is 3.81. The first-order valence-corrected chi connectivity index (χ1v) is 11.8. The average molecular weight is 482 g/mol. The fourth-order valence-electron chi connectivity index (χ4n) is 3.99. The molecule has 0 radical (unpaired) electrons. The quantitative estimate of drug-likeness (QED) is 0.418. The van der Waals surface area contributed by atoms with E-state index in [1.54, 1.807) is 19.3 Å². The van der Waals surface area contributed by atoms with Crippen molar-refractivity contribution < 1.29 is 19.1 Å². The summed E-state index contributed by atoms with van der Waals surface area (Å²) in [4.78, 5) is 25.7. The van der Waals surface area contributed by atoms with Crippen molar-refractivity contribution in [3.8, 4) is 11.5 Å². The monoisotopic (exact) mass is 481 g/mol. The van der Waals surface area contributed by atoms with Crippen LogP contribution in [0.5, 0.6) is 11.5 Å². The molecule has 1 aliphatic rings. The molecule has 7 nitrogen and oxygen atoms in total. The lowest BCUT2D eigenvalue weighted by Crippen LogP contribution is -2.47. The van der Waals surface area contributed by atoms with E-state index in [1.165, 1.54) is 12.5 Å². The van der Waals surface area contributed by atoms with Crippen molar-refractivity contribution in [3.63, 3.8) is 0 Å². The van der Waals surface area contributed by atoms with Gasteiger partial charge in [-0.3, -0.25) is 14.9 Å². The van der Waals surface area contributed by atoms with Crippen molar-refractivity contribution in [1.29, 1.82) is 0 Å². The van der Waals surface area contributed by atoms with E-state index in [4.69, 9.17) is 27.4 Å². The number of thiocarbonyl (C=S) groups is 1. The van der Waals surface area contributed by atoms with E-state index in [-0.39, 0.29) is 18.6 Å². The highest BCUT2D eigenvalue weighted by molar-refractivity contribution is 7.80. The lowest BCUT2D eigenvalue weighted by Gasteiger charge is -2.36. The van der Waals surface area contributed by atoms with Gasteiger partial charge in [-0.05, 0) is 54.4 Å². The molecule has 1 saturated carbocycles. The third-order valence-corrected chi connectivity index (χ3v) is 6.02. The molecule has 1 fully saturated rings. The topological polar surface area (TPSA) is 93.9 Å². The van der Waals surface area contributed by atoms with Gasteiger partial charge in [0.2, 0.25) is 5.91 Å². The second-order valence-electron chi connectivity index (χ2n) is 8.20. The van der Waals surface area contributed by atoms with Crippen LogP contribution < -0.4 is 20.5 Å². The SMILES string of the molecule is COc1cc(CN(C(=S)NC(=O)/C=C/c2ccccc2)C2CCCCC2)ccc1OCC(N)=O. The van der Waals surface area contributed by atoms with Crippen molar-refractivity contribution in [2.75, 3.05) is 13.7 Å². The van der Waals surface area contributed by atoms with Crippen LogP contribution in [-0.4, -0.2) is 41.6 Å². The van der Waals surface area contributed by atoms with Crippen molar-refractivity contribution in [2.45, 2.75) is 44.7 Å². The van der Waals surface area contributed by atoms with Gasteiger partial charge in [-0.1, -0.05) is 55.7 Å². The number of primary amides is 1. The summed E-state index contributed by atoms with van der Waals surface area (Å²) >= 11 is 5.67. The number of nitrogens with one attached hydrogen (secondary N) is 1. The normalized spacial score (nSPS) is 13.9. The fraction of sp³-hybridized carbons (Fsp3) is 0.346. The molecule has 2 aromatic carbocycles. The van der Waals surface area contributed by atoms with E-state index < -0.39 is 5.91 Å². The van der Waals surface area contributed by atoms with Crippen molar-refractivity contribution in [3.05, 3.63) is 65.7 Å². The molecule has 0 aromatic heterocycles. The Morgan fingerprint density at radius 1 is 1.12 bits per heavy atom. The van der Waals surface area contributed by atoms with Gasteiger partial charge in [0.25, 0.3) is 5.91 Å². The first kappa shape index (κ1) is 25.2. The van der Waals surface area contributed by atoms with Crippen LogP contribution >= 0.6 is 12.2 Å². The summed E-state index contributed by atoms with van der Waals surface area (Å²) in [6.07, 6.45) is 8.78. The number of hydrogen-bond donors (Lipinski definition) is 2. The summed E-state index contributed by atoms with van der Waals surface area (Å²) < 4.78 is 10.9. The molecular weight excluding hydrogens is 450 g/mol. The first-order valence-electron chi connectivity index (χ1n) is 11.4. The van der Waals surface area contributed by atoms with Crippen molar-refractivity contribution in [1.82, 2.24) is 10.2 Å². The number of carbonyl (C=O) groups excluding carboxylic acids is 2. The van der Waals surface area contributed by atoms with E-state index in [9.17, 15) is 9.59 Å². The summed E-state index contributed by atoms with van der Waals surface area (Å²) in [5, 5.41) is 3.27. The zero-order valence-electron chi connectivity index (χ0n) is 19.4. The van der Waals surface area contributed by atoms with Gasteiger partial charge in [0.15, 0.2) is 23.2 Å². The van der Waals surface area contributed by atoms with Crippen LogP contribution in [0.15, 0.2) is 54.6 Å². The molecule has 3 rings (SSSR count). The third kappa shape index (κ3) is 7.59. The molecule has 8 heteroatoms. The molecule has 34 heavy (non-hydrogen) atoms. The fourth-order valence-corrected chi connectivity index (χ4v) is 4.30. The van der Waals surface area contributed by atoms with Crippen LogP contribution in [0.3, 0.4) is 0 Å². The molecule has 180 valence electrons. The molecule has 0 saturated heterocycles. The Morgan fingerprint density at radius 2 is 1.85 bits per heavy atom. The lowest BCUT2D eigenvalue weighted by atomic mass is 9.94. The summed E-state index contributed by atoms with van der Waals surface area (Å²) in [6, 6.07) is 15.4. The predicted molar refractivity (Wildman–Crippen MR) is 136 cm³/mol. The van der Waals surface area contributed by atoms with Gasteiger partial charge < -0.3 is 20.1 Å². The zero-order chi connectivity index (χ0) is 24.3. The number of carbonyl (C=O) groups is 2. The number of amides is 2. The van der Waals surface area contributed by atoms with E-state index >= 15 is 0 Å². The minimum atomic E-state index is -0.558. The van der Waals surface area contributed by atoms with E-state index in [2.05, 4.69) is 10.2 Å². The Bertz CT molecular complexity index is 1020. The van der Waals surface area contributed by atoms with Gasteiger partial charge in [0.05, 0.1) is 7.11 Å². The van der Waals surface area contributed by atoms with Gasteiger partial charge >= 0.3 is 0 Å². The van der Waals surface area contributed by atoms with Crippen LogP contribution in [0.4, 0.5) is 0 Å². The van der Waals surface area contributed by atoms with Gasteiger partial charge in [-0.25, -0.2) is 0 Å². The molecule has 2 amide bonds. The minimum Gasteiger partial charge on any atom is -0.493 e. The summed E-state index contributed by atoms with van der Waals surface area (Å²) in [6.45, 7) is 0.287. The number of nitrogens with zero attached hydrogens (tertiary/aromatic N) is 1. The average Bonchev–Trinajstić information content (AvgIpc) is 2.86. The van der Waals surface area contributed by atoms with Gasteiger partial charge in [0.1, 0.15) is 0 Å². The molecule has 2 aromatic rings. The molecule has 1 aliphatic carbocycles. The lowest BCUT2D eigenvalue weighted by molar-refractivity contribution is -0.120. The molecule has 0 heterocycles. The standard InChI is InChI=1S/C26H31N3O4S/c1-32-23-16-20(12-14-22(23)33-18-24(27)30)17-29(21-10-6-3-7-11-21)26(34)28-25(31)15-13-19-8-4-2-5-9-19/h2,4-5,8-9,12-16,21H,3,6-7,10-11,17-18H2,1H3,(H2,27,30)(H,28,31,34)/b15-13+. The molecular formula is C26H31N3O4S. The van der Waals surface area contributed by atoms with Gasteiger partial charge in [-0.15, -0.1) is 0 Å². The van der Waals surface area contributed by atoms with E-state index in [0.717, 1.165) is 36.8 Å². The molecule has 3 N–H and O–H groups in total. The highest BCUT2D eigenvalue weighted by Gasteiger charge is 2.24. The highest BCUT2D eigenvalue weighted by Crippen LogP contribution is 2.30. The van der Waals surface area contributed by atoms with Crippen LogP contribution in [0.2, 0.25) is 0 Å². The Labute approximate surface area is 205 Å². The van der Waals surface area contributed by atoms with Crippen LogP contribution in [-0.2, 0) is 16.1 Å². The Morgan fingerprint density at radius 3 is 2.53 bits per heavy atom. The van der Waals surface area contributed by atoms with Crippen molar-refractivity contribution in [2.24, 2.45) is 5.73 Å². The maximum atomic E-state index is 12.6. The maximum absolute atomic E-state index is 12.6. The molecule has 0 atom stereocenters. The highest BCUT2D eigenvalue weighted by atomic mass is 32.1. The minimum absolute atomic E-state index is 0.226. The van der Waals surface area contributed by atoms with E-state index in [1.807, 2.05) is 42.5 Å². The Balaban J connectivity index is 1.72. The van der Waals surface area contributed by atoms with Crippen molar-refractivity contribution >= 4 is 35.2 Å². The molecule has 0 unspecified atom stereocenters. The second-order valence-corrected chi connectivity index (χ2v) is 8.59. The smallest absolute Gasteiger partial charge is 0.255 e. The van der Waals surface area contributed by atoms with Crippen LogP contribution in [0.25, 0.3) is 6.08 Å². The molecule has 0 bridgehead atoms. The summed E-state index contributed by atoms with van der Waals surface area (Å²) in [7, 11) is 1.54. The van der Waals surface area contributed by atoms with Crippen LogP contribution in [0.1, 0.15) is 43.2 Å². The molecule has 0 spiro atoms. The Hall–Kier alpha value is -3.39.